The zero-order chi connectivity index (χ0) is 19.4. The van der Waals surface area contributed by atoms with E-state index < -0.39 is 16.6 Å². The minimum atomic E-state index is -0.756. The summed E-state index contributed by atoms with van der Waals surface area (Å²) in [7, 11) is 0. The lowest BCUT2D eigenvalue weighted by Crippen LogP contribution is -2.40. The second-order valence-corrected chi connectivity index (χ2v) is 7.17. The average molecular weight is 371 g/mol. The molecule has 1 aliphatic heterocycles. The van der Waals surface area contributed by atoms with Gasteiger partial charge in [0, 0.05) is 31.1 Å². The van der Waals surface area contributed by atoms with Crippen LogP contribution in [0.5, 0.6) is 5.75 Å². The Hall–Kier alpha value is -2.60. The topological polar surface area (TPSA) is 88.8 Å². The predicted octanol–water partition coefficient (Wildman–Crippen LogP) is 2.97. The summed E-state index contributed by atoms with van der Waals surface area (Å²) in [6.45, 7) is 4.47. The van der Waals surface area contributed by atoms with E-state index in [-0.39, 0.29) is 24.1 Å². The Balaban J connectivity index is 1.85. The van der Waals surface area contributed by atoms with E-state index in [9.17, 15) is 14.7 Å². The number of benzene rings is 1. The highest BCUT2D eigenvalue weighted by Gasteiger charge is 2.42. The highest BCUT2D eigenvalue weighted by molar-refractivity contribution is 5.78. The Morgan fingerprint density at radius 1 is 1.26 bits per heavy atom. The molecule has 0 saturated carbocycles. The van der Waals surface area contributed by atoms with E-state index in [1.165, 1.54) is 6.07 Å². The van der Waals surface area contributed by atoms with Gasteiger partial charge in [0.05, 0.1) is 6.04 Å². The fourth-order valence-corrected chi connectivity index (χ4v) is 3.63. The first-order valence-corrected chi connectivity index (χ1v) is 9.17. The number of nitrogens with one attached hydrogen (secondary N) is 1. The van der Waals surface area contributed by atoms with Gasteiger partial charge in [0.25, 0.3) is 0 Å². The van der Waals surface area contributed by atoms with Gasteiger partial charge in [-0.3, -0.25) is 9.59 Å². The molecule has 1 fully saturated rings. The van der Waals surface area contributed by atoms with Crippen molar-refractivity contribution in [3.63, 3.8) is 0 Å². The Morgan fingerprint density at radius 2 is 1.93 bits per heavy atom. The van der Waals surface area contributed by atoms with Gasteiger partial charge in [-0.1, -0.05) is 30.3 Å². The van der Waals surface area contributed by atoms with Crippen LogP contribution in [-0.4, -0.2) is 24.2 Å². The van der Waals surface area contributed by atoms with Gasteiger partial charge in [-0.25, -0.2) is 0 Å². The molecule has 1 atom stereocenters. The van der Waals surface area contributed by atoms with Crippen LogP contribution in [0.2, 0.25) is 0 Å². The zero-order valence-electron chi connectivity index (χ0n) is 15.7. The van der Waals surface area contributed by atoms with E-state index in [0.29, 0.717) is 31.8 Å². The molecule has 1 aromatic carbocycles. The summed E-state index contributed by atoms with van der Waals surface area (Å²) in [6.07, 6.45) is 1.12. The van der Waals surface area contributed by atoms with Gasteiger partial charge >= 0.3 is 0 Å². The molecule has 0 bridgehead atoms. The lowest BCUT2D eigenvalue weighted by Gasteiger charge is -2.36. The van der Waals surface area contributed by atoms with Crippen LogP contribution in [0.4, 0.5) is 0 Å². The van der Waals surface area contributed by atoms with Crippen LogP contribution in [0, 0.1) is 6.92 Å². The Morgan fingerprint density at radius 3 is 2.59 bits per heavy atom. The first-order valence-electron chi connectivity index (χ1n) is 9.17. The molecular weight excluding hydrogens is 346 g/mol. The van der Waals surface area contributed by atoms with E-state index in [2.05, 4.69) is 5.32 Å². The van der Waals surface area contributed by atoms with Crippen molar-refractivity contribution in [2.45, 2.75) is 44.6 Å². The third kappa shape index (κ3) is 4.22. The Bertz CT molecular complexity index is 853. The van der Waals surface area contributed by atoms with Crippen molar-refractivity contribution in [3.05, 3.63) is 63.7 Å². The van der Waals surface area contributed by atoms with E-state index in [1.807, 2.05) is 37.3 Å². The normalized spacial score (nSPS) is 17.3. The van der Waals surface area contributed by atoms with Crippen LogP contribution in [-0.2, 0) is 14.9 Å². The van der Waals surface area contributed by atoms with Gasteiger partial charge in [-0.2, -0.15) is 0 Å². The van der Waals surface area contributed by atoms with Crippen LogP contribution < -0.4 is 10.7 Å². The number of hydrogen-bond donors (Lipinski definition) is 2. The van der Waals surface area contributed by atoms with Crippen LogP contribution in [0.3, 0.4) is 0 Å². The molecule has 3 rings (SSSR count). The van der Waals surface area contributed by atoms with Crippen molar-refractivity contribution in [1.29, 1.82) is 0 Å². The number of rotatable bonds is 5. The third-order valence-electron chi connectivity index (χ3n) is 5.15. The fourth-order valence-electron chi connectivity index (χ4n) is 3.63. The van der Waals surface area contributed by atoms with Gasteiger partial charge in [0.2, 0.25) is 17.1 Å². The van der Waals surface area contributed by atoms with Crippen molar-refractivity contribution in [2.75, 3.05) is 13.2 Å². The molecule has 1 amide bonds. The smallest absolute Gasteiger partial charge is 0.227 e. The van der Waals surface area contributed by atoms with Crippen molar-refractivity contribution in [1.82, 2.24) is 5.32 Å². The molecule has 1 saturated heterocycles. The molecule has 27 heavy (non-hydrogen) atoms. The summed E-state index contributed by atoms with van der Waals surface area (Å²) in [5, 5.41) is 13.3. The van der Waals surface area contributed by atoms with E-state index in [1.54, 1.807) is 6.92 Å². The Labute approximate surface area is 158 Å². The number of ether oxygens (including phenoxy) is 1. The van der Waals surface area contributed by atoms with Gasteiger partial charge < -0.3 is 19.6 Å². The maximum Gasteiger partial charge on any atom is 0.227 e. The molecule has 2 heterocycles. The summed E-state index contributed by atoms with van der Waals surface area (Å²) in [5.41, 5.74) is -0.233. The molecule has 6 heteroatoms. The van der Waals surface area contributed by atoms with E-state index in [0.717, 1.165) is 5.56 Å². The second kappa shape index (κ2) is 7.96. The van der Waals surface area contributed by atoms with Crippen molar-refractivity contribution < 1.29 is 19.1 Å². The van der Waals surface area contributed by atoms with Gasteiger partial charge in [0.15, 0.2) is 5.76 Å². The van der Waals surface area contributed by atoms with Crippen molar-refractivity contribution in [3.8, 4) is 5.75 Å². The third-order valence-corrected chi connectivity index (χ3v) is 5.15. The fraction of sp³-hybridized carbons (Fsp3) is 0.429. The SMILES string of the molecule is Cc1cc(=O)c(O)c(C2(CC(=O)N[C@@H](C)c3ccccc3)CCOCC2)o1. The minimum absolute atomic E-state index is 0.119. The van der Waals surface area contributed by atoms with E-state index >= 15 is 0 Å². The van der Waals surface area contributed by atoms with Gasteiger partial charge in [0.1, 0.15) is 5.76 Å². The summed E-state index contributed by atoms with van der Waals surface area (Å²) in [4.78, 5) is 24.9. The van der Waals surface area contributed by atoms with Crippen LogP contribution >= 0.6 is 0 Å². The average Bonchev–Trinajstić information content (AvgIpc) is 2.66. The molecule has 0 unspecified atom stereocenters. The molecule has 1 aliphatic rings. The van der Waals surface area contributed by atoms with Crippen LogP contribution in [0.25, 0.3) is 0 Å². The molecule has 0 aliphatic carbocycles. The van der Waals surface area contributed by atoms with Crippen LogP contribution in [0.15, 0.2) is 45.6 Å². The molecule has 2 aromatic rings. The summed E-state index contributed by atoms with van der Waals surface area (Å²) in [6, 6.07) is 10.8. The first kappa shape index (κ1) is 19.2. The minimum Gasteiger partial charge on any atom is -0.502 e. The summed E-state index contributed by atoms with van der Waals surface area (Å²) < 4.78 is 11.2. The highest BCUT2D eigenvalue weighted by atomic mass is 16.5. The molecule has 1 aromatic heterocycles. The molecular formula is C21H25NO5. The standard InChI is InChI=1S/C21H25NO5/c1-14-12-17(23)19(25)20(27-14)21(8-10-26-11-9-21)13-18(24)22-15(2)16-6-4-3-5-7-16/h3-7,12,15,25H,8-11,13H2,1-2H3,(H,22,24)/t15-/m0/s1. The first-order chi connectivity index (χ1) is 12.9. The zero-order valence-corrected chi connectivity index (χ0v) is 15.7. The van der Waals surface area contributed by atoms with Crippen molar-refractivity contribution in [2.24, 2.45) is 0 Å². The molecule has 6 nitrogen and oxygen atoms in total. The number of carbonyl (C=O) groups excluding carboxylic acids is 1. The molecule has 0 spiro atoms. The van der Waals surface area contributed by atoms with Crippen LogP contribution in [0.1, 0.15) is 49.3 Å². The molecule has 2 N–H and O–H groups in total. The lowest BCUT2D eigenvalue weighted by atomic mass is 9.74. The Kier molecular flexibility index (Phi) is 5.65. The summed E-state index contributed by atoms with van der Waals surface area (Å²) >= 11 is 0. The lowest BCUT2D eigenvalue weighted by molar-refractivity contribution is -0.124. The van der Waals surface area contributed by atoms with Gasteiger partial charge in [-0.15, -0.1) is 0 Å². The van der Waals surface area contributed by atoms with Crippen molar-refractivity contribution >= 4 is 5.91 Å². The number of aromatic hydroxyl groups is 1. The maximum absolute atomic E-state index is 12.8. The largest absolute Gasteiger partial charge is 0.502 e. The van der Waals surface area contributed by atoms with Gasteiger partial charge in [-0.05, 0) is 32.3 Å². The number of carbonyl (C=O) groups is 1. The number of hydrogen-bond acceptors (Lipinski definition) is 5. The highest BCUT2D eigenvalue weighted by Crippen LogP contribution is 2.41. The molecule has 144 valence electrons. The van der Waals surface area contributed by atoms with E-state index in [4.69, 9.17) is 9.15 Å². The monoisotopic (exact) mass is 371 g/mol. The predicted molar refractivity (Wildman–Crippen MR) is 101 cm³/mol. The quantitative estimate of drug-likeness (QED) is 0.843. The second-order valence-electron chi connectivity index (χ2n) is 7.17. The maximum atomic E-state index is 12.8. The number of aryl methyl sites for hydroxylation is 1. The molecule has 0 radical (unpaired) electrons. The summed E-state index contributed by atoms with van der Waals surface area (Å²) in [5.74, 6) is 0.0401. The number of amides is 1.